The first kappa shape index (κ1) is 31.4. The van der Waals surface area contributed by atoms with Gasteiger partial charge in [0, 0.05) is 18.7 Å². The summed E-state index contributed by atoms with van der Waals surface area (Å²) in [7, 11) is 0. The van der Waals surface area contributed by atoms with Crippen LogP contribution in [0.15, 0.2) is 69.2 Å². The van der Waals surface area contributed by atoms with E-state index in [1.807, 2.05) is 89.2 Å². The first-order valence-electron chi connectivity index (χ1n) is 14.0. The summed E-state index contributed by atoms with van der Waals surface area (Å²) in [6.07, 6.45) is 0.525. The molecule has 0 aliphatic heterocycles. The van der Waals surface area contributed by atoms with Gasteiger partial charge in [-0.15, -0.1) is 11.3 Å². The maximum absolute atomic E-state index is 14.1. The Balaban J connectivity index is 1.73. The van der Waals surface area contributed by atoms with Crippen LogP contribution in [0.5, 0.6) is 0 Å². The topological polar surface area (TPSA) is 93.5 Å². The number of aryl methyl sites for hydroxylation is 1. The molecule has 1 unspecified atom stereocenters. The van der Waals surface area contributed by atoms with E-state index < -0.39 is 17.7 Å². The van der Waals surface area contributed by atoms with Crippen LogP contribution in [0.4, 0.5) is 4.79 Å². The normalized spacial score (nSPS) is 12.2. The Morgan fingerprint density at radius 2 is 1.81 bits per heavy atom. The van der Waals surface area contributed by atoms with Crippen LogP contribution >= 0.6 is 27.3 Å². The molecule has 1 N–H and O–H groups in total. The quantitative estimate of drug-likeness (QED) is 0.185. The predicted molar refractivity (Wildman–Crippen MR) is 171 cm³/mol. The van der Waals surface area contributed by atoms with Crippen LogP contribution < -0.4 is 10.9 Å². The summed E-state index contributed by atoms with van der Waals surface area (Å²) >= 11 is 4.91. The molecule has 0 aliphatic rings. The summed E-state index contributed by atoms with van der Waals surface area (Å²) in [5.41, 5.74) is 1.82. The third kappa shape index (κ3) is 7.86. The second kappa shape index (κ2) is 13.6. The summed E-state index contributed by atoms with van der Waals surface area (Å²) < 4.78 is 7.87. The molecule has 2 aromatic heterocycles. The number of fused-ring (bicyclic) bond motifs is 1. The number of ether oxygens (including phenoxy) is 1. The zero-order chi connectivity index (χ0) is 30.4. The van der Waals surface area contributed by atoms with Crippen LogP contribution in [-0.2, 0) is 11.3 Å². The van der Waals surface area contributed by atoms with E-state index in [1.165, 1.54) is 11.3 Å². The molecule has 2 amide bonds. The maximum atomic E-state index is 14.1. The Labute approximate surface area is 258 Å². The lowest BCUT2D eigenvalue weighted by Gasteiger charge is -2.32. The SMILES string of the molecule is CCC(c1nc2sc(Br)cc2c(=O)n1Cc1ccccc1)N(CCCNC(=O)OC(C)(C)C)C(=O)c1ccc(C)cc1. The van der Waals surface area contributed by atoms with Gasteiger partial charge in [0.25, 0.3) is 11.5 Å². The number of carbonyl (C=O) groups excluding carboxylic acids is 2. The van der Waals surface area contributed by atoms with Crippen molar-refractivity contribution >= 4 is 49.5 Å². The highest BCUT2D eigenvalue weighted by atomic mass is 79.9. The van der Waals surface area contributed by atoms with E-state index in [-0.39, 0.29) is 11.5 Å². The molecule has 0 bridgehead atoms. The molecule has 4 rings (SSSR count). The standard InChI is InChI=1S/C32H37BrN4O4S/c1-6-25(27-35-28-24(19-26(33)42-28)30(39)37(27)20-22-11-8-7-9-12-22)36(29(38)23-15-13-21(2)14-16-23)18-10-17-34-31(40)41-32(3,4)5/h7-9,11-16,19,25H,6,10,17-18,20H2,1-5H3,(H,34,40). The van der Waals surface area contributed by atoms with Crippen molar-refractivity contribution < 1.29 is 14.3 Å². The molecule has 2 aromatic carbocycles. The molecule has 8 nitrogen and oxygen atoms in total. The van der Waals surface area contributed by atoms with Crippen molar-refractivity contribution in [3.05, 3.63) is 97.3 Å². The Morgan fingerprint density at radius 3 is 2.45 bits per heavy atom. The fourth-order valence-electron chi connectivity index (χ4n) is 4.73. The van der Waals surface area contributed by atoms with Crippen molar-refractivity contribution in [1.29, 1.82) is 0 Å². The fourth-order valence-corrected chi connectivity index (χ4v) is 6.18. The van der Waals surface area contributed by atoms with Crippen LogP contribution in [-0.4, -0.2) is 45.1 Å². The smallest absolute Gasteiger partial charge is 0.407 e. The molecule has 222 valence electrons. The molecule has 4 aromatic rings. The molecule has 0 radical (unpaired) electrons. The van der Waals surface area contributed by atoms with Crippen LogP contribution in [0.25, 0.3) is 10.2 Å². The minimum atomic E-state index is -0.603. The van der Waals surface area contributed by atoms with Crippen molar-refractivity contribution in [2.75, 3.05) is 13.1 Å². The number of amides is 2. The Kier molecular flexibility index (Phi) is 10.2. The van der Waals surface area contributed by atoms with E-state index in [2.05, 4.69) is 21.2 Å². The summed E-state index contributed by atoms with van der Waals surface area (Å²) in [6.45, 7) is 10.4. The number of carbonyl (C=O) groups is 2. The average Bonchev–Trinajstić information content (AvgIpc) is 3.32. The summed E-state index contributed by atoms with van der Waals surface area (Å²) in [4.78, 5) is 47.6. The third-order valence-corrected chi connectivity index (χ3v) is 8.23. The molecule has 42 heavy (non-hydrogen) atoms. The highest BCUT2D eigenvalue weighted by molar-refractivity contribution is 9.11. The molecule has 0 saturated carbocycles. The van der Waals surface area contributed by atoms with E-state index in [9.17, 15) is 14.4 Å². The molecule has 0 spiro atoms. The van der Waals surface area contributed by atoms with Crippen molar-refractivity contribution in [1.82, 2.24) is 19.8 Å². The molecular weight excluding hydrogens is 616 g/mol. The minimum absolute atomic E-state index is 0.145. The van der Waals surface area contributed by atoms with Crippen molar-refractivity contribution in [3.8, 4) is 0 Å². The van der Waals surface area contributed by atoms with E-state index in [4.69, 9.17) is 9.72 Å². The number of benzene rings is 2. The van der Waals surface area contributed by atoms with E-state index in [0.29, 0.717) is 54.1 Å². The Morgan fingerprint density at radius 1 is 1.12 bits per heavy atom. The number of hydrogen-bond acceptors (Lipinski definition) is 6. The molecular formula is C32H37BrN4O4S. The number of nitrogens with one attached hydrogen (secondary N) is 1. The number of alkyl carbamates (subject to hydrolysis) is 1. The Bertz CT molecular complexity index is 1590. The van der Waals surface area contributed by atoms with Gasteiger partial charge < -0.3 is 15.0 Å². The first-order chi connectivity index (χ1) is 20.0. The number of aromatic nitrogens is 2. The second-order valence-electron chi connectivity index (χ2n) is 11.2. The van der Waals surface area contributed by atoms with Crippen LogP contribution in [0, 0.1) is 6.92 Å². The van der Waals surface area contributed by atoms with Gasteiger partial charge in [-0.3, -0.25) is 14.2 Å². The largest absolute Gasteiger partial charge is 0.444 e. The summed E-state index contributed by atoms with van der Waals surface area (Å²) in [5.74, 6) is 0.376. The summed E-state index contributed by atoms with van der Waals surface area (Å²) in [6, 6.07) is 18.6. The van der Waals surface area contributed by atoms with Gasteiger partial charge >= 0.3 is 6.09 Å². The molecule has 1 atom stereocenters. The van der Waals surface area contributed by atoms with E-state index in [0.717, 1.165) is 14.9 Å². The van der Waals surface area contributed by atoms with E-state index in [1.54, 1.807) is 15.5 Å². The first-order valence-corrected chi connectivity index (χ1v) is 15.7. The monoisotopic (exact) mass is 652 g/mol. The minimum Gasteiger partial charge on any atom is -0.444 e. The van der Waals surface area contributed by atoms with Gasteiger partial charge in [0.15, 0.2) is 0 Å². The number of thiophene rings is 1. The number of hydrogen-bond donors (Lipinski definition) is 1. The van der Waals surface area contributed by atoms with Gasteiger partial charge in [-0.05, 0) is 80.2 Å². The van der Waals surface area contributed by atoms with Crippen LogP contribution in [0.1, 0.15) is 73.9 Å². The van der Waals surface area contributed by atoms with Gasteiger partial charge in [0.05, 0.1) is 21.8 Å². The number of rotatable bonds is 10. The van der Waals surface area contributed by atoms with Gasteiger partial charge in [0.1, 0.15) is 16.3 Å². The van der Waals surface area contributed by atoms with Gasteiger partial charge in [-0.1, -0.05) is 55.0 Å². The third-order valence-electron chi connectivity index (χ3n) is 6.70. The molecule has 2 heterocycles. The van der Waals surface area contributed by atoms with Crippen molar-refractivity contribution in [2.24, 2.45) is 0 Å². The number of nitrogens with zero attached hydrogens (tertiary/aromatic N) is 3. The van der Waals surface area contributed by atoms with E-state index >= 15 is 0 Å². The molecule has 10 heteroatoms. The molecule has 0 fully saturated rings. The Hall–Kier alpha value is -3.50. The maximum Gasteiger partial charge on any atom is 0.407 e. The zero-order valence-electron chi connectivity index (χ0n) is 24.6. The van der Waals surface area contributed by atoms with Crippen molar-refractivity contribution in [2.45, 2.75) is 65.6 Å². The lowest BCUT2D eigenvalue weighted by atomic mass is 10.1. The van der Waals surface area contributed by atoms with Crippen LogP contribution in [0.3, 0.4) is 0 Å². The summed E-state index contributed by atoms with van der Waals surface area (Å²) in [5, 5.41) is 3.33. The lowest BCUT2D eigenvalue weighted by molar-refractivity contribution is 0.0523. The second-order valence-corrected chi connectivity index (χ2v) is 13.6. The van der Waals surface area contributed by atoms with Gasteiger partial charge in [-0.25, -0.2) is 9.78 Å². The number of halogens is 1. The molecule has 0 aliphatic carbocycles. The highest BCUT2D eigenvalue weighted by Crippen LogP contribution is 2.31. The van der Waals surface area contributed by atoms with Crippen molar-refractivity contribution in [3.63, 3.8) is 0 Å². The average molecular weight is 654 g/mol. The predicted octanol–water partition coefficient (Wildman–Crippen LogP) is 7.09. The van der Waals surface area contributed by atoms with Gasteiger partial charge in [0.2, 0.25) is 0 Å². The molecule has 0 saturated heterocycles. The van der Waals surface area contributed by atoms with Gasteiger partial charge in [-0.2, -0.15) is 0 Å². The van der Waals surface area contributed by atoms with Crippen LogP contribution in [0.2, 0.25) is 0 Å². The fraction of sp³-hybridized carbons (Fsp3) is 0.375. The highest BCUT2D eigenvalue weighted by Gasteiger charge is 2.30. The lowest BCUT2D eigenvalue weighted by Crippen LogP contribution is -2.40. The zero-order valence-corrected chi connectivity index (χ0v) is 27.0.